The highest BCUT2D eigenvalue weighted by molar-refractivity contribution is 5.98. The first-order chi connectivity index (χ1) is 10.2. The molecular weight excluding hydrogens is 264 g/mol. The summed E-state index contributed by atoms with van der Waals surface area (Å²) < 4.78 is 5.30. The monoisotopic (exact) mass is 298 g/mol. The fraction of sp³-hybridized carbons (Fsp3) is 0.889. The van der Waals surface area contributed by atoms with Gasteiger partial charge in [-0.1, -0.05) is 65.7 Å². The standard InChI is InChI=1S/C18H34O3/c1-4-7-10-13-16(17(19)14-11-8-5-2)18(20)21-15-12-9-6-3/h16H,4-15H2,1-3H3. The Hall–Kier alpha value is -0.860. The lowest BCUT2D eigenvalue weighted by Crippen LogP contribution is -2.26. The van der Waals surface area contributed by atoms with Crippen molar-refractivity contribution in [2.75, 3.05) is 6.61 Å². The van der Waals surface area contributed by atoms with E-state index in [-0.39, 0.29) is 11.8 Å². The van der Waals surface area contributed by atoms with Crippen molar-refractivity contribution in [3.8, 4) is 0 Å². The quantitative estimate of drug-likeness (QED) is 0.255. The molecule has 21 heavy (non-hydrogen) atoms. The maximum Gasteiger partial charge on any atom is 0.316 e. The van der Waals surface area contributed by atoms with Gasteiger partial charge in [-0.3, -0.25) is 9.59 Å². The second-order valence-electron chi connectivity index (χ2n) is 5.85. The van der Waals surface area contributed by atoms with E-state index in [1.807, 2.05) is 0 Å². The largest absolute Gasteiger partial charge is 0.465 e. The number of carbonyl (C=O) groups is 2. The van der Waals surface area contributed by atoms with E-state index in [1.54, 1.807) is 0 Å². The topological polar surface area (TPSA) is 43.4 Å². The lowest BCUT2D eigenvalue weighted by atomic mass is 9.93. The molecule has 0 fully saturated rings. The molecule has 1 atom stereocenters. The molecule has 0 bridgehead atoms. The lowest BCUT2D eigenvalue weighted by molar-refractivity contribution is -0.152. The van der Waals surface area contributed by atoms with E-state index in [4.69, 9.17) is 4.74 Å². The van der Waals surface area contributed by atoms with Crippen LogP contribution in [0.5, 0.6) is 0 Å². The number of rotatable bonds is 14. The zero-order valence-electron chi connectivity index (χ0n) is 14.3. The van der Waals surface area contributed by atoms with Gasteiger partial charge in [0.25, 0.3) is 0 Å². The van der Waals surface area contributed by atoms with Crippen molar-refractivity contribution in [1.29, 1.82) is 0 Å². The zero-order valence-corrected chi connectivity index (χ0v) is 14.3. The van der Waals surface area contributed by atoms with E-state index >= 15 is 0 Å². The number of ketones is 1. The van der Waals surface area contributed by atoms with Crippen LogP contribution in [-0.2, 0) is 14.3 Å². The minimum atomic E-state index is -0.518. The summed E-state index contributed by atoms with van der Waals surface area (Å²) in [6.45, 7) is 6.82. The third-order valence-corrected chi connectivity index (χ3v) is 3.79. The van der Waals surface area contributed by atoms with Gasteiger partial charge in [0.15, 0.2) is 0 Å². The molecular formula is C18H34O3. The van der Waals surface area contributed by atoms with Crippen molar-refractivity contribution in [3.05, 3.63) is 0 Å². The highest BCUT2D eigenvalue weighted by atomic mass is 16.5. The Kier molecular flexibility index (Phi) is 13.5. The predicted molar refractivity (Wildman–Crippen MR) is 87.3 cm³/mol. The van der Waals surface area contributed by atoms with Crippen LogP contribution in [0.1, 0.15) is 91.4 Å². The Morgan fingerprint density at radius 3 is 2.00 bits per heavy atom. The van der Waals surface area contributed by atoms with Crippen LogP contribution >= 0.6 is 0 Å². The SMILES string of the molecule is CCCCCOC(=O)C(CCCCC)C(=O)CCCCC. The van der Waals surface area contributed by atoms with Crippen molar-refractivity contribution in [3.63, 3.8) is 0 Å². The average molecular weight is 298 g/mol. The van der Waals surface area contributed by atoms with Crippen LogP contribution in [0.3, 0.4) is 0 Å². The number of hydrogen-bond acceptors (Lipinski definition) is 3. The van der Waals surface area contributed by atoms with Gasteiger partial charge in [-0.25, -0.2) is 0 Å². The van der Waals surface area contributed by atoms with E-state index in [2.05, 4.69) is 20.8 Å². The van der Waals surface area contributed by atoms with E-state index < -0.39 is 5.92 Å². The summed E-state index contributed by atoms with van der Waals surface area (Å²) in [5.74, 6) is -0.723. The highest BCUT2D eigenvalue weighted by Gasteiger charge is 2.26. The van der Waals surface area contributed by atoms with Crippen molar-refractivity contribution in [2.24, 2.45) is 5.92 Å². The number of Topliss-reactive ketones (excluding diaryl/α,β-unsaturated/α-hetero) is 1. The van der Waals surface area contributed by atoms with Gasteiger partial charge in [0, 0.05) is 6.42 Å². The van der Waals surface area contributed by atoms with Gasteiger partial charge in [0.2, 0.25) is 0 Å². The average Bonchev–Trinajstić information content (AvgIpc) is 2.48. The molecule has 0 radical (unpaired) electrons. The fourth-order valence-electron chi connectivity index (χ4n) is 2.36. The molecule has 124 valence electrons. The number of carbonyl (C=O) groups excluding carboxylic acids is 2. The summed E-state index contributed by atoms with van der Waals surface area (Å²) in [7, 11) is 0. The highest BCUT2D eigenvalue weighted by Crippen LogP contribution is 2.17. The molecule has 0 aromatic carbocycles. The first-order valence-electron chi connectivity index (χ1n) is 8.86. The van der Waals surface area contributed by atoms with Crippen LogP contribution in [0.15, 0.2) is 0 Å². The minimum Gasteiger partial charge on any atom is -0.465 e. The van der Waals surface area contributed by atoms with Crippen LogP contribution in [0.25, 0.3) is 0 Å². The molecule has 0 heterocycles. The number of hydrogen-bond donors (Lipinski definition) is 0. The maximum atomic E-state index is 12.2. The molecule has 0 saturated carbocycles. The third kappa shape index (κ3) is 10.5. The van der Waals surface area contributed by atoms with Gasteiger partial charge >= 0.3 is 5.97 Å². The molecule has 0 aliphatic rings. The minimum absolute atomic E-state index is 0.0834. The molecule has 3 nitrogen and oxygen atoms in total. The molecule has 0 N–H and O–H groups in total. The predicted octanol–water partition coefficient (Wildman–Crippen LogP) is 5.07. The van der Waals surface area contributed by atoms with Crippen LogP contribution in [-0.4, -0.2) is 18.4 Å². The van der Waals surface area contributed by atoms with Crippen molar-refractivity contribution < 1.29 is 14.3 Å². The van der Waals surface area contributed by atoms with Crippen LogP contribution < -0.4 is 0 Å². The summed E-state index contributed by atoms with van der Waals surface area (Å²) >= 11 is 0. The number of unbranched alkanes of at least 4 members (excludes halogenated alkanes) is 6. The van der Waals surface area contributed by atoms with E-state index in [0.29, 0.717) is 19.4 Å². The second-order valence-corrected chi connectivity index (χ2v) is 5.85. The van der Waals surface area contributed by atoms with Gasteiger partial charge in [-0.05, 0) is 19.3 Å². The molecule has 0 rings (SSSR count). The molecule has 0 aromatic rings. The summed E-state index contributed by atoms with van der Waals surface area (Å²) in [4.78, 5) is 24.4. The van der Waals surface area contributed by atoms with Crippen LogP contribution in [0.2, 0.25) is 0 Å². The summed E-state index contributed by atoms with van der Waals surface area (Å²) in [5, 5.41) is 0. The first kappa shape index (κ1) is 20.1. The summed E-state index contributed by atoms with van der Waals surface area (Å²) in [5.41, 5.74) is 0. The fourth-order valence-corrected chi connectivity index (χ4v) is 2.36. The molecule has 0 spiro atoms. The molecule has 0 aliphatic carbocycles. The summed E-state index contributed by atoms with van der Waals surface area (Å²) in [6.07, 6.45) is 10.4. The summed E-state index contributed by atoms with van der Waals surface area (Å²) in [6, 6.07) is 0. The Labute approximate surface area is 130 Å². The molecule has 1 unspecified atom stereocenters. The van der Waals surface area contributed by atoms with Gasteiger partial charge in [-0.15, -0.1) is 0 Å². The van der Waals surface area contributed by atoms with Gasteiger partial charge in [-0.2, -0.15) is 0 Å². The number of esters is 1. The third-order valence-electron chi connectivity index (χ3n) is 3.79. The van der Waals surface area contributed by atoms with E-state index in [1.165, 1.54) is 0 Å². The molecule has 0 saturated heterocycles. The molecule has 0 aliphatic heterocycles. The molecule has 0 amide bonds. The second kappa shape index (κ2) is 14.1. The van der Waals surface area contributed by atoms with Crippen molar-refractivity contribution >= 4 is 11.8 Å². The normalized spacial score (nSPS) is 12.1. The van der Waals surface area contributed by atoms with Gasteiger partial charge < -0.3 is 4.74 Å². The Bertz CT molecular complexity index is 274. The zero-order chi connectivity index (χ0) is 15.9. The maximum absolute atomic E-state index is 12.2. The van der Waals surface area contributed by atoms with Crippen LogP contribution in [0, 0.1) is 5.92 Å². The Balaban J connectivity index is 4.27. The smallest absolute Gasteiger partial charge is 0.316 e. The lowest BCUT2D eigenvalue weighted by Gasteiger charge is -2.15. The molecule has 0 aromatic heterocycles. The van der Waals surface area contributed by atoms with Gasteiger partial charge in [0.1, 0.15) is 11.7 Å². The first-order valence-corrected chi connectivity index (χ1v) is 8.86. The van der Waals surface area contributed by atoms with Crippen LogP contribution in [0.4, 0.5) is 0 Å². The molecule has 3 heteroatoms. The van der Waals surface area contributed by atoms with Crippen molar-refractivity contribution in [2.45, 2.75) is 91.4 Å². The van der Waals surface area contributed by atoms with Crippen molar-refractivity contribution in [1.82, 2.24) is 0 Å². The van der Waals surface area contributed by atoms with E-state index in [9.17, 15) is 9.59 Å². The Morgan fingerprint density at radius 1 is 0.810 bits per heavy atom. The van der Waals surface area contributed by atoms with E-state index in [0.717, 1.165) is 57.8 Å². The van der Waals surface area contributed by atoms with Gasteiger partial charge in [0.05, 0.1) is 6.61 Å². The number of ether oxygens (including phenoxy) is 1. The Morgan fingerprint density at radius 2 is 1.38 bits per heavy atom.